The lowest BCUT2D eigenvalue weighted by Crippen LogP contribution is -2.42. The SMILES string of the molecule is C[C@]12C(O)[C@H]1O[C@@H](N1I=Nc3c(N)ncnc31)[C@@H]2O. The van der Waals surface area contributed by atoms with Crippen molar-refractivity contribution < 1.29 is 14.9 Å². The second kappa shape index (κ2) is 3.59. The van der Waals surface area contributed by atoms with Gasteiger partial charge >= 0.3 is 0 Å². The number of aliphatic hydroxyl groups is 2. The highest BCUT2D eigenvalue weighted by atomic mass is 127. The van der Waals surface area contributed by atoms with Crippen LogP contribution in [0, 0.1) is 5.41 Å². The quantitative estimate of drug-likeness (QED) is 0.468. The van der Waals surface area contributed by atoms with Gasteiger partial charge in [0.05, 0.1) is 17.6 Å². The summed E-state index contributed by atoms with van der Waals surface area (Å²) in [5.41, 5.74) is 5.76. The summed E-state index contributed by atoms with van der Waals surface area (Å²) in [4.78, 5) is 8.08. The van der Waals surface area contributed by atoms with Gasteiger partial charge in [-0.3, -0.25) is 3.11 Å². The lowest BCUT2D eigenvalue weighted by molar-refractivity contribution is -0.0294. The molecule has 102 valence electrons. The number of ether oxygens (including phenoxy) is 1. The van der Waals surface area contributed by atoms with Gasteiger partial charge in [0.15, 0.2) is 23.6 Å². The molecule has 1 aliphatic carbocycles. The van der Waals surface area contributed by atoms with Crippen LogP contribution in [0.25, 0.3) is 0 Å². The minimum absolute atomic E-state index is 0.306. The smallest absolute Gasteiger partial charge is 0.172 e. The average Bonchev–Trinajstić information content (AvgIpc) is 2.74. The van der Waals surface area contributed by atoms with Gasteiger partial charge in [-0.15, -0.1) is 0 Å². The van der Waals surface area contributed by atoms with E-state index in [1.807, 2.05) is 10.0 Å². The molecular formula is C10H12IN5O3. The van der Waals surface area contributed by atoms with Crippen LogP contribution in [0.4, 0.5) is 17.3 Å². The standard InChI is InChI=1S/C10H12IN5O3/c1-10-4(17)6(10)19-9(5(10)18)16-8-3(15-11-16)7(12)13-2-14-8/h2,4-6,9,17-18H,1H3,(H2,12,13,14)/t4?,5-,6+,9+,10+/m0/s1. The maximum Gasteiger partial charge on any atom is 0.172 e. The monoisotopic (exact) mass is 377 g/mol. The summed E-state index contributed by atoms with van der Waals surface area (Å²) in [7, 11) is 0. The van der Waals surface area contributed by atoms with Crippen LogP contribution in [-0.2, 0) is 4.74 Å². The van der Waals surface area contributed by atoms with E-state index in [2.05, 4.69) is 13.1 Å². The lowest BCUT2D eigenvalue weighted by atomic mass is 10.0. The predicted octanol–water partition coefficient (Wildman–Crippen LogP) is 0.0462. The molecule has 0 bridgehead atoms. The number of rotatable bonds is 1. The Bertz CT molecular complexity index is 599. The molecule has 4 rings (SSSR count). The molecular weight excluding hydrogens is 365 g/mol. The van der Waals surface area contributed by atoms with Gasteiger partial charge in [0.2, 0.25) is 0 Å². The number of aromatic nitrogens is 2. The van der Waals surface area contributed by atoms with E-state index in [1.54, 1.807) is 0 Å². The molecule has 1 unspecified atom stereocenters. The van der Waals surface area contributed by atoms with Crippen molar-refractivity contribution in [3.63, 3.8) is 0 Å². The molecule has 5 atom stereocenters. The zero-order valence-electron chi connectivity index (χ0n) is 9.93. The summed E-state index contributed by atoms with van der Waals surface area (Å²) in [5, 5.41) is 20.1. The minimum atomic E-state index is -0.760. The summed E-state index contributed by atoms with van der Waals surface area (Å²) < 4.78 is 12.0. The normalized spacial score (nSPS) is 42.8. The van der Waals surface area contributed by atoms with Gasteiger partial charge in [-0.2, -0.15) is 3.15 Å². The molecule has 0 radical (unpaired) electrons. The fourth-order valence-corrected chi connectivity index (χ4v) is 4.79. The highest BCUT2D eigenvalue weighted by Gasteiger charge is 2.74. The van der Waals surface area contributed by atoms with E-state index in [9.17, 15) is 10.2 Å². The maximum absolute atomic E-state index is 10.4. The number of aliphatic hydroxyl groups excluding tert-OH is 2. The molecule has 3 aliphatic rings. The zero-order chi connectivity index (χ0) is 13.4. The van der Waals surface area contributed by atoms with E-state index in [1.165, 1.54) is 6.33 Å². The molecule has 19 heavy (non-hydrogen) atoms. The van der Waals surface area contributed by atoms with Crippen LogP contribution < -0.4 is 8.85 Å². The second-order valence-corrected chi connectivity index (χ2v) is 7.06. The Morgan fingerprint density at radius 2 is 2.21 bits per heavy atom. The topological polar surface area (TPSA) is 117 Å². The first-order valence-electron chi connectivity index (χ1n) is 5.82. The van der Waals surface area contributed by atoms with Gasteiger partial charge in [0, 0.05) is 0 Å². The van der Waals surface area contributed by atoms with E-state index >= 15 is 0 Å². The van der Waals surface area contributed by atoms with Crippen molar-refractivity contribution in [2.75, 3.05) is 8.85 Å². The average molecular weight is 377 g/mol. The van der Waals surface area contributed by atoms with Crippen LogP contribution >= 0.6 is 21.3 Å². The van der Waals surface area contributed by atoms with Crippen molar-refractivity contribution in [3.05, 3.63) is 6.33 Å². The van der Waals surface area contributed by atoms with E-state index in [0.29, 0.717) is 17.3 Å². The van der Waals surface area contributed by atoms with Crippen LogP contribution in [0.3, 0.4) is 0 Å². The van der Waals surface area contributed by atoms with Crippen molar-refractivity contribution in [1.29, 1.82) is 0 Å². The summed E-state index contributed by atoms with van der Waals surface area (Å²) >= 11 is -0.737. The molecule has 0 spiro atoms. The molecule has 2 fully saturated rings. The first-order valence-corrected chi connectivity index (χ1v) is 7.75. The Labute approximate surface area is 119 Å². The minimum Gasteiger partial charge on any atom is -0.390 e. The van der Waals surface area contributed by atoms with Gasteiger partial charge in [0.1, 0.15) is 33.7 Å². The highest BCUT2D eigenvalue weighted by molar-refractivity contribution is 14.2. The van der Waals surface area contributed by atoms with Crippen LogP contribution in [0.2, 0.25) is 0 Å². The van der Waals surface area contributed by atoms with Gasteiger partial charge in [-0.25, -0.2) is 9.97 Å². The summed E-state index contributed by atoms with van der Waals surface area (Å²) in [5.74, 6) is 0.958. The predicted molar refractivity (Wildman–Crippen MR) is 73.8 cm³/mol. The molecule has 1 saturated heterocycles. The number of hydrogen-bond donors (Lipinski definition) is 3. The number of nitrogens with zero attached hydrogens (tertiary/aromatic N) is 4. The van der Waals surface area contributed by atoms with E-state index < -0.39 is 45.2 Å². The molecule has 4 N–H and O–H groups in total. The van der Waals surface area contributed by atoms with Crippen LogP contribution in [0.1, 0.15) is 6.92 Å². The van der Waals surface area contributed by atoms with E-state index in [0.717, 1.165) is 0 Å². The maximum atomic E-state index is 10.4. The number of hydrogen-bond acceptors (Lipinski definition) is 8. The second-order valence-electron chi connectivity index (χ2n) is 5.11. The van der Waals surface area contributed by atoms with Gasteiger partial charge in [0.25, 0.3) is 0 Å². The third-order valence-electron chi connectivity index (χ3n) is 4.08. The summed E-state index contributed by atoms with van der Waals surface area (Å²) in [6.45, 7) is 1.83. The number of halogens is 1. The van der Waals surface area contributed by atoms with Crippen LogP contribution in [-0.4, -0.2) is 44.7 Å². The largest absolute Gasteiger partial charge is 0.390 e. The van der Waals surface area contributed by atoms with Gasteiger partial charge in [-0.05, 0) is 0 Å². The Morgan fingerprint density at radius 3 is 2.89 bits per heavy atom. The molecule has 2 aliphatic heterocycles. The first-order chi connectivity index (χ1) is 9.05. The van der Waals surface area contributed by atoms with Crippen LogP contribution in [0.5, 0.6) is 0 Å². The van der Waals surface area contributed by atoms with Crippen molar-refractivity contribution in [2.45, 2.75) is 31.5 Å². The fourth-order valence-electron chi connectivity index (χ4n) is 2.64. The molecule has 0 amide bonds. The molecule has 3 heterocycles. The highest BCUT2D eigenvalue weighted by Crippen LogP contribution is 2.60. The Hall–Kier alpha value is -0.910. The first kappa shape index (κ1) is 11.9. The van der Waals surface area contributed by atoms with Crippen molar-refractivity contribution >= 4 is 38.6 Å². The third-order valence-corrected chi connectivity index (χ3v) is 6.25. The molecule has 1 aromatic rings. The Kier molecular flexibility index (Phi) is 2.25. The number of nitrogen functional groups attached to an aromatic ring is 1. The molecule has 1 saturated carbocycles. The number of nitrogens with two attached hydrogens (primary N) is 1. The molecule has 9 heteroatoms. The van der Waals surface area contributed by atoms with Gasteiger partial charge < -0.3 is 20.7 Å². The number of fused-ring (bicyclic) bond motifs is 2. The summed E-state index contributed by atoms with van der Waals surface area (Å²) in [6, 6.07) is 0. The van der Waals surface area contributed by atoms with Crippen molar-refractivity contribution in [1.82, 2.24) is 9.97 Å². The fraction of sp³-hybridized carbons (Fsp3) is 0.600. The van der Waals surface area contributed by atoms with Crippen LogP contribution in [0.15, 0.2) is 9.47 Å². The van der Waals surface area contributed by atoms with E-state index in [4.69, 9.17) is 10.5 Å². The Balaban J connectivity index is 1.68. The molecule has 8 nitrogen and oxygen atoms in total. The van der Waals surface area contributed by atoms with E-state index in [-0.39, 0.29) is 6.10 Å². The lowest BCUT2D eigenvalue weighted by Gasteiger charge is -2.28. The summed E-state index contributed by atoms with van der Waals surface area (Å²) in [6.07, 6.45) is -0.786. The van der Waals surface area contributed by atoms with Crippen molar-refractivity contribution in [3.8, 4) is 0 Å². The molecule has 1 aromatic heterocycles. The molecule has 0 aromatic carbocycles. The Morgan fingerprint density at radius 1 is 1.42 bits per heavy atom. The number of anilines is 2. The third kappa shape index (κ3) is 1.33. The van der Waals surface area contributed by atoms with Crippen molar-refractivity contribution in [2.24, 2.45) is 8.56 Å². The zero-order valence-corrected chi connectivity index (χ0v) is 12.1. The van der Waals surface area contributed by atoms with Gasteiger partial charge in [-0.1, -0.05) is 6.92 Å².